The van der Waals surface area contributed by atoms with Crippen LogP contribution in [0.3, 0.4) is 0 Å². The van der Waals surface area contributed by atoms with Crippen LogP contribution < -0.4 is 5.32 Å². The molecule has 0 aromatic carbocycles. The molecular formula is C52H101NO10. The maximum Gasteiger partial charge on any atom is 0.249 e. The largest absolute Gasteiger partial charge is 0.394 e. The van der Waals surface area contributed by atoms with Crippen molar-refractivity contribution in [2.24, 2.45) is 0 Å². The van der Waals surface area contributed by atoms with Crippen LogP contribution >= 0.6 is 0 Å². The van der Waals surface area contributed by atoms with Crippen LogP contribution in [0.5, 0.6) is 0 Å². The van der Waals surface area contributed by atoms with Crippen molar-refractivity contribution in [1.82, 2.24) is 5.32 Å². The van der Waals surface area contributed by atoms with Crippen LogP contribution in [0.4, 0.5) is 0 Å². The Morgan fingerprint density at radius 2 is 0.921 bits per heavy atom. The number of aliphatic hydroxyl groups excluding tert-OH is 7. The summed E-state index contributed by atoms with van der Waals surface area (Å²) in [5.74, 6) is -0.697. The Balaban J connectivity index is 2.29. The van der Waals surface area contributed by atoms with Crippen molar-refractivity contribution in [1.29, 1.82) is 0 Å². The highest BCUT2D eigenvalue weighted by molar-refractivity contribution is 5.80. The molecule has 374 valence electrons. The van der Waals surface area contributed by atoms with Gasteiger partial charge in [-0.05, 0) is 38.5 Å². The predicted octanol–water partition coefficient (Wildman–Crippen LogP) is 10.0. The Labute approximate surface area is 385 Å². The van der Waals surface area contributed by atoms with E-state index in [0.717, 1.165) is 38.5 Å². The van der Waals surface area contributed by atoms with Crippen LogP contribution in [0.1, 0.15) is 245 Å². The van der Waals surface area contributed by atoms with E-state index < -0.39 is 74.2 Å². The first kappa shape index (κ1) is 59.9. The molecule has 63 heavy (non-hydrogen) atoms. The molecule has 0 radical (unpaired) electrons. The lowest BCUT2D eigenvalue weighted by Gasteiger charge is -2.40. The van der Waals surface area contributed by atoms with Gasteiger partial charge in [0, 0.05) is 0 Å². The Morgan fingerprint density at radius 1 is 0.540 bits per heavy atom. The average Bonchev–Trinajstić information content (AvgIpc) is 3.28. The number of aliphatic hydroxyl groups is 7. The van der Waals surface area contributed by atoms with E-state index in [2.05, 4.69) is 31.3 Å². The fourth-order valence-electron chi connectivity index (χ4n) is 8.67. The number of allylic oxidation sites excluding steroid dienone is 2. The molecule has 0 aromatic rings. The van der Waals surface area contributed by atoms with E-state index in [9.17, 15) is 40.5 Å². The van der Waals surface area contributed by atoms with Gasteiger partial charge < -0.3 is 50.5 Å². The lowest BCUT2D eigenvalue weighted by molar-refractivity contribution is -0.303. The van der Waals surface area contributed by atoms with Gasteiger partial charge in [-0.2, -0.15) is 0 Å². The minimum absolute atomic E-state index is 0.260. The molecule has 11 heteroatoms. The summed E-state index contributed by atoms with van der Waals surface area (Å²) in [5.41, 5.74) is 0. The fourth-order valence-corrected chi connectivity index (χ4v) is 8.67. The molecular weight excluding hydrogens is 799 g/mol. The number of hydrogen-bond donors (Lipinski definition) is 8. The number of ether oxygens (including phenoxy) is 2. The van der Waals surface area contributed by atoms with Gasteiger partial charge in [-0.1, -0.05) is 219 Å². The first-order valence-electron chi connectivity index (χ1n) is 26.6. The maximum atomic E-state index is 13.1. The molecule has 9 unspecified atom stereocenters. The minimum Gasteiger partial charge on any atom is -0.394 e. The Morgan fingerprint density at radius 3 is 1.33 bits per heavy atom. The van der Waals surface area contributed by atoms with Gasteiger partial charge in [0.15, 0.2) is 6.29 Å². The summed E-state index contributed by atoms with van der Waals surface area (Å²) in [6.07, 6.45) is 35.6. The van der Waals surface area contributed by atoms with Gasteiger partial charge >= 0.3 is 0 Å². The molecule has 0 aliphatic carbocycles. The van der Waals surface area contributed by atoms with Crippen LogP contribution in [0.25, 0.3) is 0 Å². The third-order valence-corrected chi connectivity index (χ3v) is 13.1. The van der Waals surface area contributed by atoms with Crippen molar-refractivity contribution >= 4 is 5.91 Å². The zero-order chi connectivity index (χ0) is 46.2. The molecule has 11 nitrogen and oxygen atoms in total. The molecule has 1 heterocycles. The SMILES string of the molecule is CCCCCCCCCCCCCC/C=C\CCCCCCCCCCCC(O)C(=O)NC(COC1OC(CO)C(O)C(O)C1O)C(O)C(O)CCCCCCCCCCCCC. The Kier molecular flexibility index (Phi) is 40.1. The molecule has 0 aromatic heterocycles. The first-order chi connectivity index (χ1) is 30.7. The highest BCUT2D eigenvalue weighted by atomic mass is 16.7. The van der Waals surface area contributed by atoms with Crippen LogP contribution in [0.15, 0.2) is 12.2 Å². The van der Waals surface area contributed by atoms with Gasteiger partial charge in [0.25, 0.3) is 0 Å². The third-order valence-electron chi connectivity index (χ3n) is 13.1. The van der Waals surface area contributed by atoms with Crippen molar-refractivity contribution in [3.63, 3.8) is 0 Å². The van der Waals surface area contributed by atoms with E-state index in [1.54, 1.807) is 0 Å². The van der Waals surface area contributed by atoms with Gasteiger partial charge in [0.05, 0.1) is 25.4 Å². The standard InChI is InChI=1S/C52H101NO10/c1-3-5-7-9-11-13-15-16-17-18-19-20-21-22-23-24-25-26-27-28-30-32-34-36-38-40-45(56)51(61)53-43(42-62-52-50(60)49(59)48(58)46(41-54)63-52)47(57)44(55)39-37-35-33-31-29-14-12-10-8-6-4-2/h22-23,43-50,52,54-60H,3-21,24-42H2,1-2H3,(H,53,61)/b23-22-. The molecule has 1 aliphatic heterocycles. The number of hydrogen-bond acceptors (Lipinski definition) is 10. The number of carbonyl (C=O) groups is 1. The molecule has 9 atom stereocenters. The molecule has 8 N–H and O–H groups in total. The van der Waals surface area contributed by atoms with E-state index in [-0.39, 0.29) is 6.42 Å². The van der Waals surface area contributed by atoms with Gasteiger partial charge in [-0.25, -0.2) is 0 Å². The lowest BCUT2D eigenvalue weighted by Crippen LogP contribution is -2.60. The van der Waals surface area contributed by atoms with Gasteiger partial charge in [-0.15, -0.1) is 0 Å². The van der Waals surface area contributed by atoms with Crippen molar-refractivity contribution in [2.75, 3.05) is 13.2 Å². The monoisotopic (exact) mass is 900 g/mol. The van der Waals surface area contributed by atoms with Crippen molar-refractivity contribution in [2.45, 2.75) is 300 Å². The summed E-state index contributed by atoms with van der Waals surface area (Å²) in [4.78, 5) is 13.1. The Bertz CT molecular complexity index is 1030. The topological polar surface area (TPSA) is 189 Å². The van der Waals surface area contributed by atoms with Crippen molar-refractivity contribution < 1.29 is 50.0 Å². The number of rotatable bonds is 45. The first-order valence-corrected chi connectivity index (χ1v) is 26.6. The smallest absolute Gasteiger partial charge is 0.249 e. The van der Waals surface area contributed by atoms with E-state index in [1.165, 1.54) is 167 Å². The molecule has 1 aliphatic rings. The van der Waals surface area contributed by atoms with Crippen LogP contribution in [0, 0.1) is 0 Å². The quantitative estimate of drug-likeness (QED) is 0.0216. The third kappa shape index (κ3) is 31.5. The van der Waals surface area contributed by atoms with E-state index in [4.69, 9.17) is 9.47 Å². The lowest BCUT2D eigenvalue weighted by atomic mass is 9.98. The zero-order valence-electron chi connectivity index (χ0n) is 40.6. The second kappa shape index (κ2) is 42.2. The number of nitrogens with one attached hydrogen (secondary N) is 1. The molecule has 1 fully saturated rings. The van der Waals surface area contributed by atoms with Crippen LogP contribution in [-0.2, 0) is 14.3 Å². The Hall–Kier alpha value is -1.15. The molecule has 1 amide bonds. The normalized spacial score (nSPS) is 21.2. The summed E-state index contributed by atoms with van der Waals surface area (Å²) in [7, 11) is 0. The summed E-state index contributed by atoms with van der Waals surface area (Å²) >= 11 is 0. The summed E-state index contributed by atoms with van der Waals surface area (Å²) in [5, 5.41) is 75.8. The summed E-state index contributed by atoms with van der Waals surface area (Å²) in [6.45, 7) is 3.45. The van der Waals surface area contributed by atoms with E-state index in [0.29, 0.717) is 19.3 Å². The fraction of sp³-hybridized carbons (Fsp3) is 0.942. The summed E-state index contributed by atoms with van der Waals surface area (Å²) < 4.78 is 11.1. The van der Waals surface area contributed by atoms with Crippen LogP contribution in [-0.4, -0.2) is 110 Å². The number of unbranched alkanes of at least 4 members (excludes halogenated alkanes) is 31. The minimum atomic E-state index is -1.66. The van der Waals surface area contributed by atoms with E-state index >= 15 is 0 Å². The van der Waals surface area contributed by atoms with Crippen molar-refractivity contribution in [3.8, 4) is 0 Å². The van der Waals surface area contributed by atoms with Gasteiger partial charge in [0.1, 0.15) is 36.6 Å². The average molecular weight is 900 g/mol. The molecule has 1 saturated heterocycles. The van der Waals surface area contributed by atoms with Crippen molar-refractivity contribution in [3.05, 3.63) is 12.2 Å². The molecule has 0 bridgehead atoms. The highest BCUT2D eigenvalue weighted by Crippen LogP contribution is 2.23. The molecule has 0 spiro atoms. The van der Waals surface area contributed by atoms with Crippen LogP contribution in [0.2, 0.25) is 0 Å². The predicted molar refractivity (Wildman–Crippen MR) is 256 cm³/mol. The van der Waals surface area contributed by atoms with Gasteiger partial charge in [0.2, 0.25) is 5.91 Å². The summed E-state index contributed by atoms with van der Waals surface area (Å²) in [6, 6.07) is -1.16. The van der Waals surface area contributed by atoms with E-state index in [1.807, 2.05) is 0 Å². The highest BCUT2D eigenvalue weighted by Gasteiger charge is 2.44. The molecule has 1 rings (SSSR count). The molecule has 0 saturated carbocycles. The zero-order valence-corrected chi connectivity index (χ0v) is 40.6. The second-order valence-corrected chi connectivity index (χ2v) is 19.0. The number of carbonyl (C=O) groups excluding carboxylic acids is 1. The number of amides is 1. The van der Waals surface area contributed by atoms with Gasteiger partial charge in [-0.3, -0.25) is 4.79 Å². The maximum absolute atomic E-state index is 13.1. The second-order valence-electron chi connectivity index (χ2n) is 19.0.